The molecule has 0 aliphatic heterocycles. The topological polar surface area (TPSA) is 43.4 Å². The van der Waals surface area contributed by atoms with Crippen LogP contribution in [0.15, 0.2) is 41.8 Å². The van der Waals surface area contributed by atoms with E-state index in [9.17, 15) is 0 Å². The molecule has 0 saturated heterocycles. The third-order valence-electron chi connectivity index (χ3n) is 6.25. The summed E-state index contributed by atoms with van der Waals surface area (Å²) in [5.74, 6) is 3.88. The molecule has 5 heteroatoms. The zero-order valence-corrected chi connectivity index (χ0v) is 20.1. The fraction of sp³-hybridized carbons (Fsp3) is 0.577. The molecule has 1 aromatic heterocycles. The summed E-state index contributed by atoms with van der Waals surface area (Å²) >= 11 is 1.84. The fourth-order valence-electron chi connectivity index (χ4n) is 4.36. The number of hydroxylamine groups is 1. The van der Waals surface area contributed by atoms with E-state index < -0.39 is 0 Å². The van der Waals surface area contributed by atoms with E-state index in [1.807, 2.05) is 35.6 Å². The zero-order valence-electron chi connectivity index (χ0n) is 19.3. The Labute approximate surface area is 192 Å². The maximum atomic E-state index is 5.83. The quantitative estimate of drug-likeness (QED) is 0.207. The highest BCUT2D eigenvalue weighted by Crippen LogP contribution is 2.38. The van der Waals surface area contributed by atoms with Crippen LogP contribution in [0.2, 0.25) is 0 Å². The molecule has 1 aliphatic carbocycles. The molecule has 3 atom stereocenters. The minimum absolute atomic E-state index is 0.589. The van der Waals surface area contributed by atoms with Crippen LogP contribution in [0.5, 0.6) is 11.5 Å². The highest BCUT2D eigenvalue weighted by Gasteiger charge is 2.25. The van der Waals surface area contributed by atoms with Crippen LogP contribution >= 0.6 is 11.3 Å². The van der Waals surface area contributed by atoms with Gasteiger partial charge in [0.15, 0.2) is 0 Å². The Morgan fingerprint density at radius 2 is 2.03 bits per heavy atom. The van der Waals surface area contributed by atoms with Gasteiger partial charge in [-0.2, -0.15) is 5.48 Å². The van der Waals surface area contributed by atoms with Gasteiger partial charge in [-0.25, -0.2) is 4.98 Å². The van der Waals surface area contributed by atoms with Crippen molar-refractivity contribution in [2.24, 2.45) is 11.8 Å². The Balaban J connectivity index is 1.33. The maximum absolute atomic E-state index is 5.83. The lowest BCUT2D eigenvalue weighted by atomic mass is 9.88. The number of aromatic nitrogens is 1. The summed E-state index contributed by atoms with van der Waals surface area (Å²) in [5.41, 5.74) is 3.92. The Morgan fingerprint density at radius 3 is 2.77 bits per heavy atom. The molecular weight excluding hydrogens is 404 g/mol. The van der Waals surface area contributed by atoms with Gasteiger partial charge in [-0.15, -0.1) is 11.3 Å². The zero-order chi connectivity index (χ0) is 21.9. The molecule has 4 nitrogen and oxygen atoms in total. The first kappa shape index (κ1) is 23.8. The Bertz CT molecular complexity index is 787. The van der Waals surface area contributed by atoms with Crippen molar-refractivity contribution in [3.63, 3.8) is 0 Å². The molecule has 31 heavy (non-hydrogen) atoms. The number of unbranched alkanes of at least 4 members (excludes halogenated alkanes) is 1. The predicted octanol–water partition coefficient (Wildman–Crippen LogP) is 6.93. The second-order valence-electron chi connectivity index (χ2n) is 8.56. The van der Waals surface area contributed by atoms with E-state index in [1.54, 1.807) is 7.05 Å². The minimum Gasteiger partial charge on any atom is -0.494 e. The van der Waals surface area contributed by atoms with Gasteiger partial charge in [0.05, 0.1) is 17.3 Å². The van der Waals surface area contributed by atoms with Gasteiger partial charge in [0, 0.05) is 18.3 Å². The van der Waals surface area contributed by atoms with E-state index >= 15 is 0 Å². The van der Waals surface area contributed by atoms with Crippen molar-refractivity contribution < 1.29 is 9.57 Å². The number of hydrogen-bond acceptors (Lipinski definition) is 5. The summed E-state index contributed by atoms with van der Waals surface area (Å²) in [6.07, 6.45) is 14.7. The van der Waals surface area contributed by atoms with E-state index in [1.165, 1.54) is 42.8 Å². The van der Waals surface area contributed by atoms with E-state index in [0.29, 0.717) is 5.92 Å². The molecule has 0 bridgehead atoms. The van der Waals surface area contributed by atoms with Crippen LogP contribution in [0.3, 0.4) is 0 Å². The molecule has 0 spiro atoms. The minimum atomic E-state index is 0.589. The van der Waals surface area contributed by atoms with Crippen LogP contribution in [0.25, 0.3) is 0 Å². The van der Waals surface area contributed by atoms with Crippen molar-refractivity contribution in [3.05, 3.63) is 52.5 Å². The number of benzene rings is 1. The van der Waals surface area contributed by atoms with E-state index in [4.69, 9.17) is 14.6 Å². The molecule has 170 valence electrons. The first-order chi connectivity index (χ1) is 15.2. The predicted molar refractivity (Wildman–Crippen MR) is 130 cm³/mol. The van der Waals surface area contributed by atoms with Crippen LogP contribution in [0.4, 0.5) is 0 Å². The molecule has 1 saturated carbocycles. The van der Waals surface area contributed by atoms with Crippen LogP contribution in [0, 0.1) is 11.8 Å². The third-order valence-corrected chi connectivity index (χ3v) is 7.38. The van der Waals surface area contributed by atoms with Crippen LogP contribution < -0.4 is 15.1 Å². The summed E-state index contributed by atoms with van der Waals surface area (Å²) in [6.45, 7) is 5.28. The molecule has 0 amide bonds. The highest BCUT2D eigenvalue weighted by atomic mass is 32.1. The van der Waals surface area contributed by atoms with E-state index in [0.717, 1.165) is 49.2 Å². The SMILES string of the molecule is CCc1csc(C(C)CC[C@H]2CCCC2/C=C/CCCOc2ccc(ONC)cc2)n1. The molecule has 1 aromatic carbocycles. The molecule has 1 aliphatic rings. The second-order valence-corrected chi connectivity index (χ2v) is 9.45. The van der Waals surface area contributed by atoms with Crippen LogP contribution in [-0.4, -0.2) is 18.6 Å². The average molecular weight is 443 g/mol. The molecule has 2 unspecified atom stereocenters. The second kappa shape index (κ2) is 12.9. The molecular formula is C26H38N2O2S. The number of nitrogens with one attached hydrogen (secondary N) is 1. The smallest absolute Gasteiger partial charge is 0.147 e. The van der Waals surface area contributed by atoms with Crippen molar-refractivity contribution in [3.8, 4) is 11.5 Å². The Hall–Kier alpha value is -1.85. The summed E-state index contributed by atoms with van der Waals surface area (Å²) < 4.78 is 5.83. The summed E-state index contributed by atoms with van der Waals surface area (Å²) in [6, 6.07) is 7.71. The number of ether oxygens (including phenoxy) is 1. The first-order valence-corrected chi connectivity index (χ1v) is 12.7. The lowest BCUT2D eigenvalue weighted by molar-refractivity contribution is 0.223. The molecule has 2 aromatic rings. The van der Waals surface area contributed by atoms with Crippen molar-refractivity contribution >= 4 is 11.3 Å². The van der Waals surface area contributed by atoms with Crippen LogP contribution in [0.1, 0.15) is 75.4 Å². The Morgan fingerprint density at radius 1 is 1.23 bits per heavy atom. The number of thiazole rings is 1. The normalized spacial score (nSPS) is 19.7. The van der Waals surface area contributed by atoms with Gasteiger partial charge >= 0.3 is 0 Å². The highest BCUT2D eigenvalue weighted by molar-refractivity contribution is 7.09. The lowest BCUT2D eigenvalue weighted by Crippen LogP contribution is -2.10. The standard InChI is InChI=1S/C26H38N2O2S/c1-4-23-19-31-26(28-23)20(2)12-13-22-11-8-10-21(22)9-6-5-7-18-29-24-14-16-25(17-15-24)30-27-3/h6,9,14-17,19-22,27H,4-5,7-8,10-13,18H2,1-3H3/b9-6+/t20?,21?,22-/m1/s1. The summed E-state index contributed by atoms with van der Waals surface area (Å²) in [5, 5.41) is 3.55. The molecule has 1 N–H and O–H groups in total. The lowest BCUT2D eigenvalue weighted by Gasteiger charge is -2.18. The van der Waals surface area contributed by atoms with Gasteiger partial charge in [-0.3, -0.25) is 0 Å². The number of hydrogen-bond donors (Lipinski definition) is 1. The average Bonchev–Trinajstić information content (AvgIpc) is 3.45. The third kappa shape index (κ3) is 7.65. The van der Waals surface area contributed by atoms with Crippen molar-refractivity contribution in [1.29, 1.82) is 0 Å². The van der Waals surface area contributed by atoms with Gasteiger partial charge in [0.1, 0.15) is 11.5 Å². The van der Waals surface area contributed by atoms with Crippen LogP contribution in [-0.2, 0) is 6.42 Å². The molecule has 0 radical (unpaired) electrons. The molecule has 1 heterocycles. The monoisotopic (exact) mass is 442 g/mol. The number of rotatable bonds is 13. The van der Waals surface area contributed by atoms with Crippen molar-refractivity contribution in [1.82, 2.24) is 10.5 Å². The summed E-state index contributed by atoms with van der Waals surface area (Å²) in [4.78, 5) is 10.0. The fourth-order valence-corrected chi connectivity index (χ4v) is 5.36. The van der Waals surface area contributed by atoms with E-state index in [-0.39, 0.29) is 0 Å². The maximum Gasteiger partial charge on any atom is 0.147 e. The first-order valence-electron chi connectivity index (χ1n) is 11.9. The largest absolute Gasteiger partial charge is 0.494 e. The van der Waals surface area contributed by atoms with Gasteiger partial charge in [-0.1, -0.05) is 32.4 Å². The van der Waals surface area contributed by atoms with Gasteiger partial charge < -0.3 is 9.57 Å². The van der Waals surface area contributed by atoms with Gasteiger partial charge in [-0.05, 0) is 81.0 Å². The van der Waals surface area contributed by atoms with Gasteiger partial charge in [0.25, 0.3) is 0 Å². The van der Waals surface area contributed by atoms with Gasteiger partial charge in [0.2, 0.25) is 0 Å². The van der Waals surface area contributed by atoms with Crippen molar-refractivity contribution in [2.75, 3.05) is 13.7 Å². The summed E-state index contributed by atoms with van der Waals surface area (Å²) in [7, 11) is 1.75. The number of aryl methyl sites for hydroxylation is 1. The molecule has 3 rings (SSSR count). The number of allylic oxidation sites excluding steroid dienone is 2. The Kier molecular flexibility index (Phi) is 9.88. The molecule has 1 fully saturated rings. The number of nitrogens with zero attached hydrogens (tertiary/aromatic N) is 1. The van der Waals surface area contributed by atoms with E-state index in [2.05, 4.69) is 36.9 Å². The van der Waals surface area contributed by atoms with Crippen molar-refractivity contribution in [2.45, 2.75) is 71.1 Å².